The number of ether oxygens (including phenoxy) is 2. The summed E-state index contributed by atoms with van der Waals surface area (Å²) in [5.41, 5.74) is -6.12. The van der Waals surface area contributed by atoms with Crippen molar-refractivity contribution < 1.29 is 49.4 Å². The van der Waals surface area contributed by atoms with Crippen molar-refractivity contribution in [2.45, 2.75) is 103 Å². The SMILES string of the molecule is CNC(c1cccs1)C(O)C(=O)OC1CC2(O)C(C)C3C(C)(C(=O)C(OC(C)=O)C(=C1C)C2(C)C)C(O)C[C@@H](C)C3(O)CO. The molecule has 2 fully saturated rings. The Bertz CT molecular complexity index is 1310. The summed E-state index contributed by atoms with van der Waals surface area (Å²) in [5.74, 6) is -5.22. The molecule has 44 heavy (non-hydrogen) atoms. The van der Waals surface area contributed by atoms with Crippen LogP contribution in [0, 0.1) is 28.6 Å². The van der Waals surface area contributed by atoms with Crippen molar-refractivity contribution in [1.82, 2.24) is 5.32 Å². The minimum absolute atomic E-state index is 0.00976. The number of likely N-dealkylation sites (N-methyl/N-ethyl adjacent to an activating group) is 1. The Kier molecular flexibility index (Phi) is 9.36. The van der Waals surface area contributed by atoms with Gasteiger partial charge in [0, 0.05) is 29.6 Å². The van der Waals surface area contributed by atoms with E-state index in [0.717, 1.165) is 6.92 Å². The number of Topliss-reactive ketones (excluding diaryl/α,β-unsaturated/α-hetero) is 1. The van der Waals surface area contributed by atoms with Crippen molar-refractivity contribution in [2.75, 3.05) is 13.7 Å². The molecule has 0 aliphatic heterocycles. The van der Waals surface area contributed by atoms with Crippen LogP contribution in [0.15, 0.2) is 28.7 Å². The fraction of sp³-hybridized carbons (Fsp3) is 0.719. The molecule has 246 valence electrons. The van der Waals surface area contributed by atoms with Gasteiger partial charge in [-0.15, -0.1) is 11.3 Å². The van der Waals surface area contributed by atoms with Gasteiger partial charge in [-0.25, -0.2) is 4.79 Å². The third-order valence-electron chi connectivity index (χ3n) is 11.3. The Hall–Kier alpha value is -2.19. The highest BCUT2D eigenvalue weighted by Gasteiger charge is 2.71. The van der Waals surface area contributed by atoms with Crippen LogP contribution in [0.2, 0.25) is 0 Å². The van der Waals surface area contributed by atoms with E-state index in [4.69, 9.17) is 9.47 Å². The van der Waals surface area contributed by atoms with Gasteiger partial charge in [0.05, 0.1) is 35.4 Å². The summed E-state index contributed by atoms with van der Waals surface area (Å²) in [6.45, 7) is 10.3. The van der Waals surface area contributed by atoms with Gasteiger partial charge in [0.2, 0.25) is 0 Å². The predicted octanol–water partition coefficient (Wildman–Crippen LogP) is 1.66. The predicted molar refractivity (Wildman–Crippen MR) is 161 cm³/mol. The lowest BCUT2D eigenvalue weighted by Crippen LogP contribution is -2.74. The monoisotopic (exact) mass is 637 g/mol. The lowest BCUT2D eigenvalue weighted by Gasteiger charge is -2.65. The number of fused-ring (bicyclic) bond motifs is 3. The number of aliphatic hydroxyl groups is 5. The van der Waals surface area contributed by atoms with Crippen LogP contribution in [0.5, 0.6) is 0 Å². The molecule has 2 saturated carbocycles. The van der Waals surface area contributed by atoms with E-state index in [1.807, 2.05) is 5.38 Å². The lowest BCUT2D eigenvalue weighted by molar-refractivity contribution is -0.257. The van der Waals surface area contributed by atoms with Gasteiger partial charge in [-0.1, -0.05) is 33.8 Å². The van der Waals surface area contributed by atoms with Crippen LogP contribution in [0.25, 0.3) is 0 Å². The largest absolute Gasteiger partial charge is 0.456 e. The molecule has 1 heterocycles. The maximum absolute atomic E-state index is 14.7. The lowest BCUT2D eigenvalue weighted by atomic mass is 9.42. The average molecular weight is 638 g/mol. The quantitative estimate of drug-likeness (QED) is 0.189. The van der Waals surface area contributed by atoms with E-state index in [9.17, 15) is 39.9 Å². The van der Waals surface area contributed by atoms with Gasteiger partial charge in [0.15, 0.2) is 18.0 Å². The first-order chi connectivity index (χ1) is 20.3. The van der Waals surface area contributed by atoms with E-state index in [1.165, 1.54) is 18.3 Å². The number of aliphatic hydroxyl groups excluding tert-OH is 3. The zero-order valence-corrected chi connectivity index (χ0v) is 27.5. The van der Waals surface area contributed by atoms with Crippen LogP contribution in [0.3, 0.4) is 0 Å². The van der Waals surface area contributed by atoms with Crippen LogP contribution >= 0.6 is 11.3 Å². The fourth-order valence-electron chi connectivity index (χ4n) is 8.59. The Morgan fingerprint density at radius 3 is 2.34 bits per heavy atom. The molecule has 0 saturated heterocycles. The van der Waals surface area contributed by atoms with Crippen LogP contribution in [-0.2, 0) is 23.9 Å². The molecule has 3 aliphatic carbocycles. The summed E-state index contributed by atoms with van der Waals surface area (Å²) < 4.78 is 11.6. The highest BCUT2D eigenvalue weighted by atomic mass is 32.1. The third-order valence-corrected chi connectivity index (χ3v) is 12.2. The van der Waals surface area contributed by atoms with Gasteiger partial charge in [-0.3, -0.25) is 9.59 Å². The van der Waals surface area contributed by atoms with Gasteiger partial charge in [-0.2, -0.15) is 0 Å². The van der Waals surface area contributed by atoms with Gasteiger partial charge in [0.25, 0.3) is 0 Å². The van der Waals surface area contributed by atoms with Gasteiger partial charge >= 0.3 is 11.9 Å². The maximum atomic E-state index is 14.7. The number of rotatable bonds is 7. The molecule has 0 spiro atoms. The summed E-state index contributed by atoms with van der Waals surface area (Å²) in [7, 11) is 1.61. The molecule has 6 N–H and O–H groups in total. The standard InChI is InChI=1S/C32H47NO10S/c1-15-12-21(36)30(7)26(31(15,40)14-34)17(3)32(41)13-19(43-28(39)24(37)23(33-8)20-10-9-11-44-20)16(2)22(29(32,5)6)25(27(30)38)42-18(4)35/h9-11,15,17,19,21,23-26,33-34,36-37,40-41H,12-14H2,1-8H3/t15-,17?,19?,21?,23?,24?,25?,26?,30?,31?,32?/m1/s1. The fourth-order valence-corrected chi connectivity index (χ4v) is 9.45. The number of esters is 2. The smallest absolute Gasteiger partial charge is 0.337 e. The van der Waals surface area contributed by atoms with E-state index >= 15 is 0 Å². The molecule has 10 unspecified atom stereocenters. The van der Waals surface area contributed by atoms with Crippen LogP contribution in [0.1, 0.15) is 72.2 Å². The first kappa shape index (κ1) is 34.7. The van der Waals surface area contributed by atoms with Crippen molar-refractivity contribution >= 4 is 29.1 Å². The van der Waals surface area contributed by atoms with E-state index < -0.39 is 94.6 Å². The van der Waals surface area contributed by atoms with E-state index in [1.54, 1.807) is 53.8 Å². The number of carbonyl (C=O) groups is 3. The van der Waals surface area contributed by atoms with Crippen LogP contribution in [-0.4, -0.2) is 92.5 Å². The van der Waals surface area contributed by atoms with Crippen molar-refractivity contribution in [3.05, 3.63) is 33.5 Å². The summed E-state index contributed by atoms with van der Waals surface area (Å²) in [5, 5.41) is 62.7. The van der Waals surface area contributed by atoms with Crippen molar-refractivity contribution in [2.24, 2.45) is 28.6 Å². The molecule has 12 heteroatoms. The van der Waals surface area contributed by atoms with E-state index in [-0.39, 0.29) is 18.4 Å². The summed E-state index contributed by atoms with van der Waals surface area (Å²) in [6.07, 6.45) is -5.82. The molecule has 4 rings (SSSR count). The molecule has 2 bridgehead atoms. The minimum atomic E-state index is -1.90. The Balaban J connectivity index is 1.91. The molecule has 11 nitrogen and oxygen atoms in total. The highest BCUT2D eigenvalue weighted by molar-refractivity contribution is 7.10. The second-order valence-corrected chi connectivity index (χ2v) is 14.7. The molecule has 1 aromatic rings. The van der Waals surface area contributed by atoms with E-state index in [0.29, 0.717) is 10.5 Å². The summed E-state index contributed by atoms with van der Waals surface area (Å²) in [6, 6.07) is 2.81. The average Bonchev–Trinajstić information content (AvgIpc) is 3.48. The molecule has 0 aromatic carbocycles. The van der Waals surface area contributed by atoms with E-state index in [2.05, 4.69) is 5.32 Å². The zero-order chi connectivity index (χ0) is 33.2. The first-order valence-electron chi connectivity index (χ1n) is 15.1. The number of nitrogens with one attached hydrogen (secondary N) is 1. The molecule has 0 radical (unpaired) electrons. The molecular weight excluding hydrogens is 590 g/mol. The number of ketones is 1. The maximum Gasteiger partial charge on any atom is 0.337 e. The molecule has 11 atom stereocenters. The molecule has 1 aromatic heterocycles. The normalized spacial score (nSPS) is 39.9. The van der Waals surface area contributed by atoms with Crippen molar-refractivity contribution in [1.29, 1.82) is 0 Å². The topological polar surface area (TPSA) is 183 Å². The molecule has 3 aliphatic rings. The van der Waals surface area contributed by atoms with Gasteiger partial charge < -0.3 is 40.3 Å². The molecular formula is C32H47NO10S. The Labute approximate surface area is 262 Å². The number of carbonyl (C=O) groups excluding carboxylic acids is 3. The second kappa shape index (κ2) is 11.9. The van der Waals surface area contributed by atoms with Crippen molar-refractivity contribution in [3.63, 3.8) is 0 Å². The second-order valence-electron chi connectivity index (χ2n) is 13.7. The first-order valence-corrected chi connectivity index (χ1v) is 16.0. The highest BCUT2D eigenvalue weighted by Crippen LogP contribution is 2.63. The Morgan fingerprint density at radius 2 is 1.82 bits per heavy atom. The van der Waals surface area contributed by atoms with Crippen molar-refractivity contribution in [3.8, 4) is 0 Å². The summed E-state index contributed by atoms with van der Waals surface area (Å²) in [4.78, 5) is 41.3. The van der Waals surface area contributed by atoms with Gasteiger partial charge in [-0.05, 0) is 61.7 Å². The van der Waals surface area contributed by atoms with Crippen LogP contribution < -0.4 is 5.32 Å². The number of hydrogen-bond donors (Lipinski definition) is 6. The van der Waals surface area contributed by atoms with Gasteiger partial charge in [0.1, 0.15) is 6.10 Å². The minimum Gasteiger partial charge on any atom is -0.456 e. The molecule has 0 amide bonds. The Morgan fingerprint density at radius 1 is 1.18 bits per heavy atom. The third kappa shape index (κ3) is 4.97. The number of hydrogen-bond acceptors (Lipinski definition) is 12. The zero-order valence-electron chi connectivity index (χ0n) is 26.7. The van der Waals surface area contributed by atoms with Crippen LogP contribution in [0.4, 0.5) is 0 Å². The number of thiophene rings is 1. The summed E-state index contributed by atoms with van der Waals surface area (Å²) >= 11 is 1.35.